The Hall–Kier alpha value is -4.65. The number of nitrogens with zero attached hydrogens (tertiary/aromatic N) is 6. The molecule has 10 heteroatoms. The monoisotopic (exact) mass is 455 g/mol. The van der Waals surface area contributed by atoms with E-state index in [4.69, 9.17) is 15.7 Å². The predicted octanol–water partition coefficient (Wildman–Crippen LogP) is 2.64. The molecule has 170 valence electrons. The van der Waals surface area contributed by atoms with Crippen molar-refractivity contribution in [2.24, 2.45) is 0 Å². The maximum absolute atomic E-state index is 13.6. The molecule has 1 amide bonds. The van der Waals surface area contributed by atoms with Crippen LogP contribution in [0.15, 0.2) is 65.7 Å². The summed E-state index contributed by atoms with van der Waals surface area (Å²) in [7, 11) is 0. The molecule has 2 aromatic carbocycles. The molecule has 4 aromatic rings. The second-order valence-corrected chi connectivity index (χ2v) is 7.95. The van der Waals surface area contributed by atoms with E-state index in [1.165, 1.54) is 10.9 Å². The third-order valence-corrected chi connectivity index (χ3v) is 5.87. The zero-order chi connectivity index (χ0) is 23.7. The minimum Gasteiger partial charge on any atom is -0.457 e. The topological polar surface area (TPSA) is 132 Å². The first-order chi connectivity index (χ1) is 16.6. The Morgan fingerprint density at radius 2 is 1.85 bits per heavy atom. The lowest BCUT2D eigenvalue weighted by molar-refractivity contribution is -0.129. The SMILES string of the molecule is N#CCC(=O)N1CCC(n2c(=O)n(-c3ccc(Oc4ccccc4)cc3)c3c(N)ncnc32)C1. The van der Waals surface area contributed by atoms with Gasteiger partial charge >= 0.3 is 5.69 Å². The number of rotatable bonds is 5. The van der Waals surface area contributed by atoms with Crippen molar-refractivity contribution in [1.82, 2.24) is 24.0 Å². The van der Waals surface area contributed by atoms with Crippen LogP contribution in [-0.4, -0.2) is 43.0 Å². The molecule has 2 N–H and O–H groups in total. The molecule has 0 spiro atoms. The molecular formula is C24H21N7O3. The summed E-state index contributed by atoms with van der Waals surface area (Å²) in [5, 5.41) is 8.83. The first kappa shape index (κ1) is 21.2. The van der Waals surface area contributed by atoms with Crippen LogP contribution in [0.5, 0.6) is 11.5 Å². The van der Waals surface area contributed by atoms with Crippen LogP contribution in [0.2, 0.25) is 0 Å². The van der Waals surface area contributed by atoms with Crippen molar-refractivity contribution in [3.05, 3.63) is 71.4 Å². The Bertz CT molecular complexity index is 1450. The lowest BCUT2D eigenvalue weighted by Crippen LogP contribution is -2.31. The van der Waals surface area contributed by atoms with Gasteiger partial charge in [0.2, 0.25) is 5.91 Å². The van der Waals surface area contributed by atoms with Crippen LogP contribution in [0.25, 0.3) is 16.9 Å². The first-order valence-electron chi connectivity index (χ1n) is 10.8. The van der Waals surface area contributed by atoms with E-state index < -0.39 is 0 Å². The average molecular weight is 455 g/mol. The minimum atomic E-state index is -0.321. The quantitative estimate of drug-likeness (QED) is 0.489. The summed E-state index contributed by atoms with van der Waals surface area (Å²) in [6.07, 6.45) is 1.71. The van der Waals surface area contributed by atoms with E-state index in [0.29, 0.717) is 47.9 Å². The van der Waals surface area contributed by atoms with Crippen LogP contribution in [0.4, 0.5) is 5.82 Å². The predicted molar refractivity (Wildman–Crippen MR) is 125 cm³/mol. The summed E-state index contributed by atoms with van der Waals surface area (Å²) in [6.45, 7) is 0.795. The number of hydrogen-bond donors (Lipinski definition) is 1. The highest BCUT2D eigenvalue weighted by atomic mass is 16.5. The third-order valence-electron chi connectivity index (χ3n) is 5.87. The molecule has 34 heavy (non-hydrogen) atoms. The van der Waals surface area contributed by atoms with Crippen LogP contribution in [0, 0.1) is 11.3 Å². The molecule has 1 saturated heterocycles. The van der Waals surface area contributed by atoms with Gasteiger partial charge in [0.15, 0.2) is 11.5 Å². The molecule has 1 unspecified atom stereocenters. The Morgan fingerprint density at radius 1 is 1.12 bits per heavy atom. The zero-order valence-electron chi connectivity index (χ0n) is 18.2. The number of carbonyl (C=O) groups excluding carboxylic acids is 1. The summed E-state index contributed by atoms with van der Waals surface area (Å²) < 4.78 is 8.90. The molecule has 2 aromatic heterocycles. The summed E-state index contributed by atoms with van der Waals surface area (Å²) in [4.78, 5) is 35.8. The number of likely N-dealkylation sites (tertiary alicyclic amines) is 1. The second-order valence-electron chi connectivity index (χ2n) is 7.95. The van der Waals surface area contributed by atoms with Crippen molar-refractivity contribution >= 4 is 22.9 Å². The van der Waals surface area contributed by atoms with Crippen molar-refractivity contribution in [3.63, 3.8) is 0 Å². The van der Waals surface area contributed by atoms with Crippen LogP contribution in [0.3, 0.4) is 0 Å². The number of para-hydroxylation sites is 1. The highest BCUT2D eigenvalue weighted by Crippen LogP contribution is 2.28. The molecule has 0 saturated carbocycles. The standard InChI is InChI=1S/C24H21N7O3/c25-12-10-20(32)29-13-11-17(14-29)31-23-21(22(26)27-15-28-23)30(24(31)33)16-6-8-19(9-7-16)34-18-4-2-1-3-5-18/h1-9,15,17H,10-11,13-14H2,(H2,26,27,28). The number of ether oxygens (including phenoxy) is 1. The summed E-state index contributed by atoms with van der Waals surface area (Å²) >= 11 is 0. The van der Waals surface area contributed by atoms with E-state index >= 15 is 0 Å². The van der Waals surface area contributed by atoms with Crippen LogP contribution in [0.1, 0.15) is 18.9 Å². The molecule has 1 atom stereocenters. The molecule has 5 rings (SSSR count). The lowest BCUT2D eigenvalue weighted by atomic mass is 10.2. The van der Waals surface area contributed by atoms with E-state index in [1.807, 2.05) is 36.4 Å². The van der Waals surface area contributed by atoms with Crippen molar-refractivity contribution < 1.29 is 9.53 Å². The van der Waals surface area contributed by atoms with Gasteiger partial charge in [0, 0.05) is 13.1 Å². The van der Waals surface area contributed by atoms with E-state index in [1.54, 1.807) is 33.7 Å². The maximum Gasteiger partial charge on any atom is 0.335 e. The fourth-order valence-electron chi connectivity index (χ4n) is 4.28. The maximum atomic E-state index is 13.6. The molecule has 1 aliphatic heterocycles. The number of nitrogen functional groups attached to an aromatic ring is 1. The second kappa shape index (κ2) is 8.71. The average Bonchev–Trinajstić information content (AvgIpc) is 3.43. The van der Waals surface area contributed by atoms with Gasteiger partial charge in [-0.1, -0.05) is 18.2 Å². The number of carbonyl (C=O) groups is 1. The van der Waals surface area contributed by atoms with Gasteiger partial charge in [0.1, 0.15) is 29.8 Å². The number of hydrogen-bond acceptors (Lipinski definition) is 7. The van der Waals surface area contributed by atoms with Crippen molar-refractivity contribution in [2.75, 3.05) is 18.8 Å². The molecule has 3 heterocycles. The van der Waals surface area contributed by atoms with Crippen LogP contribution < -0.4 is 16.2 Å². The highest BCUT2D eigenvalue weighted by molar-refractivity contribution is 5.84. The number of nitrogens with two attached hydrogens (primary N) is 1. The van der Waals surface area contributed by atoms with Crippen molar-refractivity contribution in [2.45, 2.75) is 18.9 Å². The Morgan fingerprint density at radius 3 is 2.59 bits per heavy atom. The molecule has 0 aliphatic carbocycles. The van der Waals surface area contributed by atoms with Crippen LogP contribution in [-0.2, 0) is 4.79 Å². The minimum absolute atomic E-state index is 0.181. The van der Waals surface area contributed by atoms with Gasteiger partial charge in [-0.15, -0.1) is 0 Å². The van der Waals surface area contributed by atoms with Gasteiger partial charge in [0.05, 0.1) is 17.8 Å². The van der Waals surface area contributed by atoms with E-state index in [-0.39, 0.29) is 29.9 Å². The molecule has 0 radical (unpaired) electrons. The Balaban J connectivity index is 1.53. The Labute approximate surface area is 194 Å². The number of imidazole rings is 1. The smallest absolute Gasteiger partial charge is 0.335 e. The summed E-state index contributed by atoms with van der Waals surface area (Å²) in [6, 6.07) is 18.1. The summed E-state index contributed by atoms with van der Waals surface area (Å²) in [5.41, 5.74) is 7.25. The van der Waals surface area contributed by atoms with Gasteiger partial charge in [0.25, 0.3) is 0 Å². The molecule has 10 nitrogen and oxygen atoms in total. The number of fused-ring (bicyclic) bond motifs is 1. The van der Waals surface area contributed by atoms with Crippen LogP contribution >= 0.6 is 0 Å². The molecule has 1 fully saturated rings. The van der Waals surface area contributed by atoms with E-state index in [2.05, 4.69) is 9.97 Å². The number of aromatic nitrogens is 4. The van der Waals surface area contributed by atoms with Crippen molar-refractivity contribution in [1.29, 1.82) is 5.26 Å². The largest absolute Gasteiger partial charge is 0.457 e. The van der Waals surface area contributed by atoms with Crippen molar-refractivity contribution in [3.8, 4) is 23.3 Å². The summed E-state index contributed by atoms with van der Waals surface area (Å²) in [5.74, 6) is 1.27. The lowest BCUT2D eigenvalue weighted by Gasteiger charge is -2.15. The number of amides is 1. The van der Waals surface area contributed by atoms with Gasteiger partial charge in [-0.25, -0.2) is 14.8 Å². The fraction of sp³-hybridized carbons (Fsp3) is 0.208. The number of anilines is 1. The number of benzene rings is 2. The number of nitriles is 1. The fourth-order valence-corrected chi connectivity index (χ4v) is 4.28. The zero-order valence-corrected chi connectivity index (χ0v) is 18.2. The Kier molecular flexibility index (Phi) is 5.43. The third kappa shape index (κ3) is 3.73. The van der Waals surface area contributed by atoms with Gasteiger partial charge in [-0.3, -0.25) is 13.9 Å². The molecule has 0 bridgehead atoms. The van der Waals surface area contributed by atoms with Gasteiger partial charge in [-0.2, -0.15) is 5.26 Å². The first-order valence-corrected chi connectivity index (χ1v) is 10.8. The normalized spacial score (nSPS) is 15.4. The van der Waals surface area contributed by atoms with Gasteiger partial charge < -0.3 is 15.4 Å². The van der Waals surface area contributed by atoms with E-state index in [0.717, 1.165) is 0 Å². The highest BCUT2D eigenvalue weighted by Gasteiger charge is 2.31. The molecular weight excluding hydrogens is 434 g/mol. The van der Waals surface area contributed by atoms with E-state index in [9.17, 15) is 9.59 Å². The molecule has 1 aliphatic rings. The van der Waals surface area contributed by atoms with Gasteiger partial charge in [-0.05, 0) is 42.8 Å².